The molecule has 1 saturated carbocycles. The van der Waals surface area contributed by atoms with Gasteiger partial charge in [-0.15, -0.1) is 6.42 Å². The Labute approximate surface area is 147 Å². The van der Waals surface area contributed by atoms with E-state index in [1.165, 1.54) is 0 Å². The summed E-state index contributed by atoms with van der Waals surface area (Å²) >= 11 is 0. The first kappa shape index (κ1) is 16.8. The Morgan fingerprint density at radius 2 is 2.16 bits per heavy atom. The number of hydrogen-bond acceptors (Lipinski definition) is 3. The molecule has 126 valence electrons. The van der Waals surface area contributed by atoms with Crippen LogP contribution in [0.3, 0.4) is 0 Å². The number of carbonyl (C=O) groups is 1. The lowest BCUT2D eigenvalue weighted by Crippen LogP contribution is -2.25. The Morgan fingerprint density at radius 3 is 2.80 bits per heavy atom. The van der Waals surface area contributed by atoms with Gasteiger partial charge in [0.05, 0.1) is 11.6 Å². The van der Waals surface area contributed by atoms with Crippen molar-refractivity contribution in [3.8, 4) is 12.3 Å². The Bertz CT molecular complexity index is 850. The van der Waals surface area contributed by atoms with Crippen molar-refractivity contribution in [2.75, 3.05) is 5.32 Å². The lowest BCUT2D eigenvalue weighted by atomic mass is 9.94. The second-order valence-electron chi connectivity index (χ2n) is 6.07. The van der Waals surface area contributed by atoms with Gasteiger partial charge in [-0.1, -0.05) is 42.3 Å². The molecule has 1 N–H and O–H groups in total. The minimum absolute atomic E-state index is 0.101. The van der Waals surface area contributed by atoms with Crippen LogP contribution in [0.4, 0.5) is 6.01 Å². The zero-order valence-corrected chi connectivity index (χ0v) is 14.2. The molecule has 1 amide bonds. The average Bonchev–Trinajstić information content (AvgIpc) is 3.32. The first-order valence-electron chi connectivity index (χ1n) is 8.27. The number of aromatic nitrogens is 1. The summed E-state index contributed by atoms with van der Waals surface area (Å²) in [4.78, 5) is 16.9. The van der Waals surface area contributed by atoms with Crippen molar-refractivity contribution in [2.45, 2.75) is 26.2 Å². The summed E-state index contributed by atoms with van der Waals surface area (Å²) in [5.41, 5.74) is 1.54. The molecule has 4 nitrogen and oxygen atoms in total. The van der Waals surface area contributed by atoms with Gasteiger partial charge in [0.2, 0.25) is 5.91 Å². The van der Waals surface area contributed by atoms with E-state index in [-0.39, 0.29) is 11.9 Å². The summed E-state index contributed by atoms with van der Waals surface area (Å²) in [6, 6.07) is 10.2. The number of nitrogens with zero attached hydrogens (tertiary/aromatic N) is 1. The molecule has 3 rings (SSSR count). The summed E-state index contributed by atoms with van der Waals surface area (Å²) in [5, 5.41) is 2.80. The molecule has 1 aromatic carbocycles. The number of anilines is 1. The second kappa shape index (κ2) is 7.23. The molecule has 2 aromatic rings. The van der Waals surface area contributed by atoms with Crippen molar-refractivity contribution < 1.29 is 9.21 Å². The van der Waals surface area contributed by atoms with Crippen LogP contribution < -0.4 is 5.32 Å². The van der Waals surface area contributed by atoms with Crippen molar-refractivity contribution in [3.63, 3.8) is 0 Å². The Kier molecular flexibility index (Phi) is 4.85. The van der Waals surface area contributed by atoms with Gasteiger partial charge in [0.1, 0.15) is 5.76 Å². The molecule has 0 aliphatic heterocycles. The number of carbonyl (C=O) groups excluding carboxylic acids is 1. The third-order valence-corrected chi connectivity index (χ3v) is 4.40. The summed E-state index contributed by atoms with van der Waals surface area (Å²) in [6.45, 7) is 1.91. The first-order chi connectivity index (χ1) is 12.2. The molecule has 1 heterocycles. The molecule has 0 unspecified atom stereocenters. The van der Waals surface area contributed by atoms with Gasteiger partial charge in [-0.05, 0) is 43.1 Å². The van der Waals surface area contributed by atoms with Crippen LogP contribution in [0.5, 0.6) is 0 Å². The van der Waals surface area contributed by atoms with Crippen LogP contribution in [0.1, 0.15) is 31.1 Å². The maximum atomic E-state index is 12.7. The minimum atomic E-state index is -0.518. The number of rotatable bonds is 6. The van der Waals surface area contributed by atoms with Gasteiger partial charge in [-0.3, -0.25) is 10.1 Å². The van der Waals surface area contributed by atoms with Gasteiger partial charge in [0, 0.05) is 6.42 Å². The molecule has 1 aliphatic carbocycles. The highest BCUT2D eigenvalue weighted by Crippen LogP contribution is 2.53. The lowest BCUT2D eigenvalue weighted by Gasteiger charge is -2.14. The quantitative estimate of drug-likeness (QED) is 0.639. The van der Waals surface area contributed by atoms with Gasteiger partial charge in [0.25, 0.3) is 0 Å². The molecule has 1 aliphatic rings. The Morgan fingerprint density at radius 1 is 1.40 bits per heavy atom. The molecule has 4 heteroatoms. The average molecular weight is 332 g/mol. The molecule has 0 atom stereocenters. The van der Waals surface area contributed by atoms with Crippen LogP contribution in [-0.2, 0) is 11.2 Å². The van der Waals surface area contributed by atoms with Gasteiger partial charge in [-0.25, -0.2) is 4.98 Å². The zero-order chi connectivity index (χ0) is 17.7. The van der Waals surface area contributed by atoms with Gasteiger partial charge in [-0.2, -0.15) is 0 Å². The number of hydrogen-bond donors (Lipinski definition) is 1. The van der Waals surface area contributed by atoms with E-state index in [9.17, 15) is 4.79 Å². The number of amides is 1. The van der Waals surface area contributed by atoms with Crippen molar-refractivity contribution in [1.82, 2.24) is 4.98 Å². The molecule has 25 heavy (non-hydrogen) atoms. The maximum absolute atomic E-state index is 12.7. The summed E-state index contributed by atoms with van der Waals surface area (Å²) in [5.74, 6) is 3.07. The van der Waals surface area contributed by atoms with E-state index >= 15 is 0 Å². The van der Waals surface area contributed by atoms with Gasteiger partial charge < -0.3 is 4.42 Å². The second-order valence-corrected chi connectivity index (χ2v) is 6.07. The molecular weight excluding hydrogens is 312 g/mol. The number of allylic oxidation sites excluding steroid dienone is 3. The fourth-order valence-electron chi connectivity index (χ4n) is 2.90. The molecule has 1 fully saturated rings. The Balaban J connectivity index is 1.68. The minimum Gasteiger partial charge on any atom is -0.428 e. The number of terminal acetylenes is 1. The molecule has 1 aromatic heterocycles. The maximum Gasteiger partial charge on any atom is 0.301 e. The standard InChI is InChI=1S/C21H20N2O2/c1-3-5-11-17(4-2)21(12-13-21)19(24)23-20-22-15-18(25-20)14-16-9-7-6-8-10-16/h1,4-11,15H,12-14H2,2H3,(H,22,23,24)/b11-5-,17-4+. The van der Waals surface area contributed by atoms with E-state index < -0.39 is 5.41 Å². The van der Waals surface area contributed by atoms with Crippen molar-refractivity contribution >= 4 is 11.9 Å². The van der Waals surface area contributed by atoms with Crippen LogP contribution in [0.2, 0.25) is 0 Å². The smallest absolute Gasteiger partial charge is 0.301 e. The molecule has 0 saturated heterocycles. The van der Waals surface area contributed by atoms with E-state index in [4.69, 9.17) is 10.8 Å². The highest BCUT2D eigenvalue weighted by Gasteiger charge is 2.52. The number of benzene rings is 1. The molecule has 0 spiro atoms. The molecular formula is C21H20N2O2. The van der Waals surface area contributed by atoms with Crippen LogP contribution in [0, 0.1) is 17.8 Å². The lowest BCUT2D eigenvalue weighted by molar-refractivity contribution is -0.119. The first-order valence-corrected chi connectivity index (χ1v) is 8.27. The van der Waals surface area contributed by atoms with Crippen LogP contribution in [-0.4, -0.2) is 10.9 Å². The third kappa shape index (κ3) is 3.72. The predicted octanol–water partition coefficient (Wildman–Crippen LogP) is 4.12. The molecule has 0 radical (unpaired) electrons. The number of nitrogens with one attached hydrogen (secondary N) is 1. The highest BCUT2D eigenvalue weighted by molar-refractivity contribution is 5.98. The van der Waals surface area contributed by atoms with Gasteiger partial charge >= 0.3 is 6.01 Å². The summed E-state index contributed by atoms with van der Waals surface area (Å²) in [6.07, 6.45) is 14.5. The summed E-state index contributed by atoms with van der Waals surface area (Å²) in [7, 11) is 0. The van der Waals surface area contributed by atoms with Crippen LogP contribution >= 0.6 is 0 Å². The van der Waals surface area contributed by atoms with E-state index in [1.807, 2.05) is 49.4 Å². The van der Waals surface area contributed by atoms with E-state index in [0.717, 1.165) is 24.0 Å². The third-order valence-electron chi connectivity index (χ3n) is 4.40. The van der Waals surface area contributed by atoms with E-state index in [1.54, 1.807) is 12.3 Å². The fraction of sp³-hybridized carbons (Fsp3) is 0.238. The largest absolute Gasteiger partial charge is 0.428 e. The fourth-order valence-corrected chi connectivity index (χ4v) is 2.90. The Hall–Kier alpha value is -3.06. The highest BCUT2D eigenvalue weighted by atomic mass is 16.4. The van der Waals surface area contributed by atoms with Crippen molar-refractivity contribution in [2.24, 2.45) is 5.41 Å². The zero-order valence-electron chi connectivity index (χ0n) is 14.2. The van der Waals surface area contributed by atoms with Crippen LogP contribution in [0.15, 0.2) is 64.7 Å². The van der Waals surface area contributed by atoms with E-state index in [0.29, 0.717) is 12.2 Å². The van der Waals surface area contributed by atoms with Gasteiger partial charge in [0.15, 0.2) is 0 Å². The van der Waals surface area contributed by atoms with Crippen molar-refractivity contribution in [1.29, 1.82) is 0 Å². The monoisotopic (exact) mass is 332 g/mol. The molecule has 0 bridgehead atoms. The SMILES string of the molecule is C#C/C=C\C(=C/C)C1(C(=O)Nc2ncc(Cc3ccccc3)o2)CC1. The summed E-state index contributed by atoms with van der Waals surface area (Å²) < 4.78 is 5.66. The number of oxazole rings is 1. The normalized spacial score (nSPS) is 15.8. The van der Waals surface area contributed by atoms with E-state index in [2.05, 4.69) is 16.2 Å². The predicted molar refractivity (Wildman–Crippen MR) is 97.8 cm³/mol. The topological polar surface area (TPSA) is 55.1 Å². The van der Waals surface area contributed by atoms with Crippen molar-refractivity contribution in [3.05, 3.63) is 71.7 Å². The van der Waals surface area contributed by atoms with Crippen LogP contribution in [0.25, 0.3) is 0 Å².